The molecule has 1 fully saturated rings. The second-order valence-corrected chi connectivity index (χ2v) is 11.8. The van der Waals surface area contributed by atoms with Crippen LogP contribution in [-0.2, 0) is 17.7 Å². The fourth-order valence-corrected chi connectivity index (χ4v) is 5.11. The second-order valence-electron chi connectivity index (χ2n) is 10.8. The number of rotatable bonds is 8. The van der Waals surface area contributed by atoms with Gasteiger partial charge in [-0.3, -0.25) is 9.78 Å². The molecule has 1 aromatic carbocycles. The SMILES string of the molecule is CN1CCC(N(C)c2cc(C(C)(C)C)nc(SCc3ccc(C(=O)NCc4cccnc4)cc3)n2)CC1. The number of hydrogen-bond donors (Lipinski definition) is 1. The Morgan fingerprint density at radius 1 is 1.11 bits per heavy atom. The molecule has 1 N–H and O–H groups in total. The number of pyridine rings is 1. The Hall–Kier alpha value is -2.97. The Balaban J connectivity index is 1.41. The van der Waals surface area contributed by atoms with E-state index in [9.17, 15) is 4.79 Å². The number of carbonyl (C=O) groups excluding carboxylic acids is 1. The van der Waals surface area contributed by atoms with E-state index in [4.69, 9.17) is 9.97 Å². The van der Waals surface area contributed by atoms with E-state index in [0.29, 0.717) is 18.2 Å². The van der Waals surface area contributed by atoms with Crippen LogP contribution < -0.4 is 10.2 Å². The summed E-state index contributed by atoms with van der Waals surface area (Å²) in [6.07, 6.45) is 5.77. The Morgan fingerprint density at radius 2 is 1.84 bits per heavy atom. The number of likely N-dealkylation sites (tertiary alicyclic amines) is 1. The fraction of sp³-hybridized carbons (Fsp3) is 0.448. The van der Waals surface area contributed by atoms with Crippen molar-refractivity contribution in [1.82, 2.24) is 25.2 Å². The highest BCUT2D eigenvalue weighted by Gasteiger charge is 2.24. The van der Waals surface area contributed by atoms with Crippen molar-refractivity contribution in [2.45, 2.75) is 62.5 Å². The van der Waals surface area contributed by atoms with Gasteiger partial charge in [-0.15, -0.1) is 0 Å². The predicted octanol–water partition coefficient (Wildman–Crippen LogP) is 4.92. The molecule has 0 spiro atoms. The first-order valence-corrected chi connectivity index (χ1v) is 13.9. The first-order valence-electron chi connectivity index (χ1n) is 12.9. The van der Waals surface area contributed by atoms with E-state index < -0.39 is 0 Å². The average molecular weight is 519 g/mol. The first kappa shape index (κ1) is 27.1. The maximum Gasteiger partial charge on any atom is 0.251 e. The molecule has 8 heteroatoms. The van der Waals surface area contributed by atoms with Crippen LogP contribution in [0.25, 0.3) is 0 Å². The van der Waals surface area contributed by atoms with Crippen LogP contribution in [0.2, 0.25) is 0 Å². The van der Waals surface area contributed by atoms with Crippen LogP contribution in [0.5, 0.6) is 0 Å². The summed E-state index contributed by atoms with van der Waals surface area (Å²) < 4.78 is 0. The lowest BCUT2D eigenvalue weighted by molar-refractivity contribution is 0.0951. The van der Waals surface area contributed by atoms with Crippen molar-refractivity contribution in [2.24, 2.45) is 0 Å². The van der Waals surface area contributed by atoms with Crippen LogP contribution in [0.3, 0.4) is 0 Å². The van der Waals surface area contributed by atoms with Crippen molar-refractivity contribution in [3.63, 3.8) is 0 Å². The van der Waals surface area contributed by atoms with Gasteiger partial charge < -0.3 is 15.1 Å². The van der Waals surface area contributed by atoms with Gasteiger partial charge in [0.1, 0.15) is 5.82 Å². The molecule has 37 heavy (non-hydrogen) atoms. The molecule has 0 atom stereocenters. The summed E-state index contributed by atoms with van der Waals surface area (Å²) >= 11 is 1.64. The minimum absolute atomic E-state index is 0.0640. The van der Waals surface area contributed by atoms with Crippen LogP contribution >= 0.6 is 11.8 Å². The van der Waals surface area contributed by atoms with E-state index in [2.05, 4.69) is 61.0 Å². The lowest BCUT2D eigenvalue weighted by Crippen LogP contribution is -2.42. The third-order valence-corrected chi connectivity index (χ3v) is 7.74. The molecule has 0 saturated carbocycles. The highest BCUT2D eigenvalue weighted by molar-refractivity contribution is 7.98. The van der Waals surface area contributed by atoms with Crippen LogP contribution in [0, 0.1) is 0 Å². The minimum atomic E-state index is -0.0918. The smallest absolute Gasteiger partial charge is 0.251 e. The predicted molar refractivity (Wildman–Crippen MR) is 151 cm³/mol. The molecular weight excluding hydrogens is 480 g/mol. The van der Waals surface area contributed by atoms with Crippen LogP contribution in [0.1, 0.15) is 60.8 Å². The fourth-order valence-electron chi connectivity index (χ4n) is 4.30. The molecule has 0 radical (unpaired) electrons. The van der Waals surface area contributed by atoms with Gasteiger partial charge in [-0.05, 0) is 62.3 Å². The van der Waals surface area contributed by atoms with Crippen molar-refractivity contribution in [2.75, 3.05) is 32.1 Å². The number of benzene rings is 1. The number of hydrogen-bond acceptors (Lipinski definition) is 7. The van der Waals surface area contributed by atoms with Gasteiger partial charge in [0.25, 0.3) is 5.91 Å². The first-order chi connectivity index (χ1) is 17.7. The van der Waals surface area contributed by atoms with Crippen molar-refractivity contribution in [1.29, 1.82) is 0 Å². The van der Waals surface area contributed by atoms with Gasteiger partial charge in [-0.1, -0.05) is 50.7 Å². The molecule has 196 valence electrons. The van der Waals surface area contributed by atoms with Gasteiger partial charge in [0.15, 0.2) is 5.16 Å². The summed E-state index contributed by atoms with van der Waals surface area (Å²) in [5, 5.41) is 3.74. The molecular formula is C29H38N6OS. The normalized spacial score (nSPS) is 14.9. The van der Waals surface area contributed by atoms with Crippen molar-refractivity contribution >= 4 is 23.5 Å². The highest BCUT2D eigenvalue weighted by atomic mass is 32.2. The largest absolute Gasteiger partial charge is 0.356 e. The highest BCUT2D eigenvalue weighted by Crippen LogP contribution is 2.30. The Morgan fingerprint density at radius 3 is 2.49 bits per heavy atom. The Bertz CT molecular complexity index is 1170. The van der Waals surface area contributed by atoms with E-state index in [1.165, 1.54) is 0 Å². The number of piperidine rings is 1. The maximum absolute atomic E-state index is 12.5. The maximum atomic E-state index is 12.5. The third-order valence-electron chi connectivity index (χ3n) is 6.82. The number of amides is 1. The second kappa shape index (κ2) is 12.0. The topological polar surface area (TPSA) is 74.2 Å². The number of carbonyl (C=O) groups is 1. The standard InChI is InChI=1S/C29H38N6OS/c1-29(2,3)25-17-26(35(5)24-12-15-34(4)16-13-24)33-28(32-25)37-20-21-8-10-23(11-9-21)27(36)31-19-22-7-6-14-30-18-22/h6-11,14,17-18,24H,12-13,15-16,19-20H2,1-5H3,(H,31,36). The van der Waals surface area contributed by atoms with Gasteiger partial charge in [0, 0.05) is 54.8 Å². The molecule has 0 bridgehead atoms. The molecule has 7 nitrogen and oxygen atoms in total. The molecule has 0 aliphatic carbocycles. The van der Waals surface area contributed by atoms with Crippen molar-refractivity contribution < 1.29 is 4.79 Å². The zero-order valence-electron chi connectivity index (χ0n) is 22.6. The summed E-state index contributed by atoms with van der Waals surface area (Å²) in [4.78, 5) is 31.2. The molecule has 1 saturated heterocycles. The Kier molecular flexibility index (Phi) is 8.82. The number of anilines is 1. The lowest BCUT2D eigenvalue weighted by Gasteiger charge is -2.36. The van der Waals surface area contributed by atoms with E-state index in [0.717, 1.165) is 59.5 Å². The van der Waals surface area contributed by atoms with Gasteiger partial charge in [-0.2, -0.15) is 0 Å². The van der Waals surface area contributed by atoms with Crippen LogP contribution in [0.4, 0.5) is 5.82 Å². The van der Waals surface area contributed by atoms with E-state index >= 15 is 0 Å². The average Bonchev–Trinajstić information content (AvgIpc) is 2.91. The molecule has 0 unspecified atom stereocenters. The number of aromatic nitrogens is 3. The minimum Gasteiger partial charge on any atom is -0.356 e. The molecule has 2 aromatic heterocycles. The number of nitrogens with one attached hydrogen (secondary N) is 1. The van der Waals surface area contributed by atoms with Crippen molar-refractivity contribution in [3.8, 4) is 0 Å². The summed E-state index contributed by atoms with van der Waals surface area (Å²) in [6.45, 7) is 9.28. The molecule has 1 amide bonds. The zero-order chi connectivity index (χ0) is 26.4. The van der Waals surface area contributed by atoms with E-state index in [-0.39, 0.29) is 11.3 Å². The van der Waals surface area contributed by atoms with Crippen LogP contribution in [0.15, 0.2) is 60.0 Å². The molecule has 1 aliphatic heterocycles. The Labute approximate surface area is 225 Å². The summed E-state index contributed by atoms with van der Waals surface area (Å²) in [5.74, 6) is 1.64. The van der Waals surface area contributed by atoms with Gasteiger partial charge in [-0.25, -0.2) is 9.97 Å². The lowest BCUT2D eigenvalue weighted by atomic mass is 9.92. The quantitative estimate of drug-likeness (QED) is 0.335. The van der Waals surface area contributed by atoms with Gasteiger partial charge >= 0.3 is 0 Å². The summed E-state index contributed by atoms with van der Waals surface area (Å²) in [7, 11) is 4.35. The number of nitrogens with zero attached hydrogens (tertiary/aromatic N) is 5. The molecule has 3 aromatic rings. The van der Waals surface area contributed by atoms with E-state index in [1.807, 2.05) is 36.4 Å². The monoisotopic (exact) mass is 518 g/mol. The number of thioether (sulfide) groups is 1. The van der Waals surface area contributed by atoms with Gasteiger partial charge in [0.05, 0.1) is 5.69 Å². The summed E-state index contributed by atoms with van der Waals surface area (Å²) in [6, 6.07) is 14.2. The van der Waals surface area contributed by atoms with Crippen LogP contribution in [-0.4, -0.2) is 59.0 Å². The summed E-state index contributed by atoms with van der Waals surface area (Å²) in [5.41, 5.74) is 3.74. The third kappa shape index (κ3) is 7.52. The zero-order valence-corrected chi connectivity index (χ0v) is 23.4. The molecule has 1 aliphatic rings. The van der Waals surface area contributed by atoms with Gasteiger partial charge in [0.2, 0.25) is 0 Å². The molecule has 3 heterocycles. The molecule has 4 rings (SSSR count). The van der Waals surface area contributed by atoms with Crippen molar-refractivity contribution in [3.05, 3.63) is 77.2 Å². The van der Waals surface area contributed by atoms with E-state index in [1.54, 1.807) is 24.2 Å².